The second kappa shape index (κ2) is 6.31. The number of piperidine rings is 1. The van der Waals surface area contributed by atoms with Crippen molar-refractivity contribution in [3.05, 3.63) is 24.5 Å². The van der Waals surface area contributed by atoms with Crippen LogP contribution in [0.4, 0.5) is 5.69 Å². The van der Waals surface area contributed by atoms with Crippen molar-refractivity contribution in [2.24, 2.45) is 0 Å². The lowest BCUT2D eigenvalue weighted by Gasteiger charge is -2.32. The summed E-state index contributed by atoms with van der Waals surface area (Å²) in [5.41, 5.74) is 0.685. The Kier molecular flexibility index (Phi) is 4.49. The summed E-state index contributed by atoms with van der Waals surface area (Å²) in [4.78, 5) is 29.4. The molecule has 2 rings (SSSR count). The van der Waals surface area contributed by atoms with Crippen LogP contribution in [0, 0.1) is 0 Å². The third kappa shape index (κ3) is 3.77. The first-order valence-corrected chi connectivity index (χ1v) is 6.66. The number of pyridine rings is 1. The third-order valence-electron chi connectivity index (χ3n) is 3.32. The highest BCUT2D eigenvalue weighted by Gasteiger charge is 2.24. The number of hydrogen-bond donors (Lipinski definition) is 1. The number of anilines is 1. The maximum Gasteiger partial charge on any atom is 0.226 e. The average molecular weight is 261 g/mol. The van der Waals surface area contributed by atoms with Crippen molar-refractivity contribution in [1.82, 2.24) is 9.88 Å². The monoisotopic (exact) mass is 261 g/mol. The highest BCUT2D eigenvalue weighted by Crippen LogP contribution is 2.16. The van der Waals surface area contributed by atoms with Crippen LogP contribution in [0.5, 0.6) is 0 Å². The molecule has 1 aromatic heterocycles. The molecule has 102 valence electrons. The summed E-state index contributed by atoms with van der Waals surface area (Å²) in [5.74, 6) is 0.0757. The first kappa shape index (κ1) is 13.5. The molecule has 2 amide bonds. The molecule has 0 spiro atoms. The van der Waals surface area contributed by atoms with Crippen molar-refractivity contribution in [3.8, 4) is 0 Å². The molecule has 0 saturated carbocycles. The predicted molar refractivity (Wildman–Crippen MR) is 72.5 cm³/mol. The van der Waals surface area contributed by atoms with Gasteiger partial charge in [0.1, 0.15) is 0 Å². The summed E-state index contributed by atoms with van der Waals surface area (Å²) < 4.78 is 0. The van der Waals surface area contributed by atoms with Gasteiger partial charge in [-0.3, -0.25) is 14.6 Å². The Hall–Kier alpha value is -1.91. The molecule has 1 atom stereocenters. The topological polar surface area (TPSA) is 62.3 Å². The lowest BCUT2D eigenvalue weighted by Crippen LogP contribution is -2.43. The Morgan fingerprint density at radius 2 is 2.37 bits per heavy atom. The van der Waals surface area contributed by atoms with Crippen LogP contribution < -0.4 is 5.32 Å². The first-order chi connectivity index (χ1) is 9.16. The number of aromatic nitrogens is 1. The molecule has 5 nitrogen and oxygen atoms in total. The molecule has 0 radical (unpaired) electrons. The van der Waals surface area contributed by atoms with Gasteiger partial charge < -0.3 is 10.2 Å². The van der Waals surface area contributed by atoms with Gasteiger partial charge in [0.25, 0.3) is 0 Å². The van der Waals surface area contributed by atoms with Gasteiger partial charge in [-0.05, 0) is 31.9 Å². The Labute approximate surface area is 113 Å². The number of nitrogens with one attached hydrogen (secondary N) is 1. The number of carbonyl (C=O) groups excluding carboxylic acids is 2. The highest BCUT2D eigenvalue weighted by atomic mass is 16.2. The molecular formula is C14H19N3O2. The molecule has 1 aromatic rings. The van der Waals surface area contributed by atoms with Crippen LogP contribution in [0.25, 0.3) is 0 Å². The summed E-state index contributed by atoms with van der Waals surface area (Å²) in [6.45, 7) is 2.69. The van der Waals surface area contributed by atoms with Crippen molar-refractivity contribution < 1.29 is 9.59 Å². The molecule has 1 aliphatic rings. The van der Waals surface area contributed by atoms with Gasteiger partial charge in [-0.15, -0.1) is 0 Å². The van der Waals surface area contributed by atoms with E-state index in [2.05, 4.69) is 10.3 Å². The lowest BCUT2D eigenvalue weighted by atomic mass is 10.1. The van der Waals surface area contributed by atoms with E-state index in [-0.39, 0.29) is 17.9 Å². The zero-order chi connectivity index (χ0) is 13.7. The van der Waals surface area contributed by atoms with Crippen LogP contribution in [0.3, 0.4) is 0 Å². The largest absolute Gasteiger partial charge is 0.339 e. The average Bonchev–Trinajstić information content (AvgIpc) is 2.40. The molecule has 19 heavy (non-hydrogen) atoms. The van der Waals surface area contributed by atoms with Crippen molar-refractivity contribution in [2.45, 2.75) is 38.6 Å². The fourth-order valence-corrected chi connectivity index (χ4v) is 2.32. The van der Waals surface area contributed by atoms with Crippen LogP contribution in [0.2, 0.25) is 0 Å². The van der Waals surface area contributed by atoms with E-state index in [1.807, 2.05) is 11.8 Å². The van der Waals surface area contributed by atoms with Gasteiger partial charge >= 0.3 is 0 Å². The molecule has 1 fully saturated rings. The van der Waals surface area contributed by atoms with E-state index in [0.29, 0.717) is 18.5 Å². The fraction of sp³-hybridized carbons (Fsp3) is 0.500. The predicted octanol–water partition coefficient (Wildman–Crippen LogP) is 1.81. The lowest BCUT2D eigenvalue weighted by molar-refractivity contribution is -0.136. The van der Waals surface area contributed by atoms with Gasteiger partial charge in [-0.2, -0.15) is 0 Å². The molecule has 5 heteroatoms. The van der Waals surface area contributed by atoms with E-state index in [1.165, 1.54) is 0 Å². The fourth-order valence-electron chi connectivity index (χ4n) is 2.32. The summed E-state index contributed by atoms with van der Waals surface area (Å²) >= 11 is 0. The number of nitrogens with zero attached hydrogens (tertiary/aromatic N) is 2. The zero-order valence-corrected chi connectivity index (χ0v) is 11.1. The Bertz CT molecular complexity index is 447. The van der Waals surface area contributed by atoms with Crippen molar-refractivity contribution in [3.63, 3.8) is 0 Å². The van der Waals surface area contributed by atoms with Gasteiger partial charge in [0.05, 0.1) is 11.9 Å². The van der Waals surface area contributed by atoms with E-state index < -0.39 is 0 Å². The van der Waals surface area contributed by atoms with Crippen LogP contribution in [0.15, 0.2) is 24.5 Å². The van der Waals surface area contributed by atoms with E-state index in [4.69, 9.17) is 0 Å². The van der Waals surface area contributed by atoms with Gasteiger partial charge in [0.2, 0.25) is 11.8 Å². The van der Waals surface area contributed by atoms with E-state index in [9.17, 15) is 9.59 Å². The van der Waals surface area contributed by atoms with Gasteiger partial charge in [0.15, 0.2) is 0 Å². The second-order valence-electron chi connectivity index (χ2n) is 4.89. The molecule has 1 aliphatic heterocycles. The maximum absolute atomic E-state index is 11.9. The van der Waals surface area contributed by atoms with E-state index >= 15 is 0 Å². The van der Waals surface area contributed by atoms with Gasteiger partial charge in [-0.25, -0.2) is 0 Å². The standard InChI is InChI=1S/C14H19N3O2/c1-11(17-8-3-2-6-14(17)19)9-13(18)16-12-5-4-7-15-10-12/h4-5,7,10-11H,2-3,6,8-9H2,1H3,(H,16,18). The number of hydrogen-bond acceptors (Lipinski definition) is 3. The normalized spacial score (nSPS) is 17.1. The molecule has 1 saturated heterocycles. The maximum atomic E-state index is 11.9. The Morgan fingerprint density at radius 1 is 1.53 bits per heavy atom. The second-order valence-corrected chi connectivity index (χ2v) is 4.89. The molecule has 1 N–H and O–H groups in total. The molecular weight excluding hydrogens is 242 g/mol. The summed E-state index contributed by atoms with van der Waals surface area (Å²) in [5, 5.41) is 2.79. The van der Waals surface area contributed by atoms with Crippen LogP contribution in [-0.2, 0) is 9.59 Å². The number of amides is 2. The molecule has 0 aromatic carbocycles. The molecule has 0 bridgehead atoms. The highest BCUT2D eigenvalue weighted by molar-refractivity contribution is 5.91. The first-order valence-electron chi connectivity index (χ1n) is 6.66. The number of rotatable bonds is 4. The summed E-state index contributed by atoms with van der Waals surface area (Å²) in [7, 11) is 0. The number of likely N-dealkylation sites (tertiary alicyclic amines) is 1. The quantitative estimate of drug-likeness (QED) is 0.899. The van der Waals surface area contributed by atoms with Crippen LogP contribution in [0.1, 0.15) is 32.6 Å². The molecule has 0 aliphatic carbocycles. The van der Waals surface area contributed by atoms with Gasteiger partial charge in [-0.1, -0.05) is 0 Å². The number of carbonyl (C=O) groups is 2. The smallest absolute Gasteiger partial charge is 0.226 e. The summed E-state index contributed by atoms with van der Waals surface area (Å²) in [6.07, 6.45) is 6.18. The Morgan fingerprint density at radius 3 is 3.05 bits per heavy atom. The molecule has 1 unspecified atom stereocenters. The Balaban J connectivity index is 1.86. The van der Waals surface area contributed by atoms with E-state index in [0.717, 1.165) is 19.4 Å². The molecule has 2 heterocycles. The van der Waals surface area contributed by atoms with Crippen LogP contribution in [-0.4, -0.2) is 34.3 Å². The van der Waals surface area contributed by atoms with Crippen molar-refractivity contribution in [1.29, 1.82) is 0 Å². The SMILES string of the molecule is CC(CC(=O)Nc1cccnc1)N1CCCCC1=O. The minimum atomic E-state index is -0.0844. The zero-order valence-electron chi connectivity index (χ0n) is 11.1. The van der Waals surface area contributed by atoms with Gasteiger partial charge in [0, 0.05) is 31.6 Å². The third-order valence-corrected chi connectivity index (χ3v) is 3.32. The minimum Gasteiger partial charge on any atom is -0.339 e. The van der Waals surface area contributed by atoms with E-state index in [1.54, 1.807) is 24.5 Å². The van der Waals surface area contributed by atoms with Crippen molar-refractivity contribution in [2.75, 3.05) is 11.9 Å². The minimum absolute atomic E-state index is 0.0514. The summed E-state index contributed by atoms with van der Waals surface area (Å²) in [6, 6.07) is 3.51. The van der Waals surface area contributed by atoms with Crippen LogP contribution >= 0.6 is 0 Å². The van der Waals surface area contributed by atoms with Crippen molar-refractivity contribution >= 4 is 17.5 Å².